The molecular formula is C30H43BrN2O4. The van der Waals surface area contributed by atoms with Crippen LogP contribution in [0.1, 0.15) is 70.3 Å². The number of carbonyl (C=O) groups excluding carboxylic acids is 2. The molecule has 1 amide bonds. The molecule has 0 aromatic heterocycles. The van der Waals surface area contributed by atoms with Gasteiger partial charge in [-0.2, -0.15) is 0 Å². The van der Waals surface area contributed by atoms with Gasteiger partial charge in [-0.15, -0.1) is 0 Å². The predicted octanol–water partition coefficient (Wildman–Crippen LogP) is 5.83. The second-order valence-corrected chi connectivity index (χ2v) is 11.6. The molecule has 3 heterocycles. The summed E-state index contributed by atoms with van der Waals surface area (Å²) >= 11 is 3.51. The normalized spacial score (nSPS) is 27.5. The molecular weight excluding hydrogens is 532 g/mol. The third-order valence-corrected chi connectivity index (χ3v) is 9.54. The third kappa shape index (κ3) is 5.36. The maximum atomic E-state index is 14.4. The van der Waals surface area contributed by atoms with Crippen LogP contribution in [0.5, 0.6) is 0 Å². The van der Waals surface area contributed by atoms with Crippen LogP contribution >= 0.6 is 15.9 Å². The number of para-hydroxylation sites is 1. The Hall–Kier alpha value is -1.86. The van der Waals surface area contributed by atoms with Crippen LogP contribution in [0.25, 0.3) is 0 Å². The summed E-state index contributed by atoms with van der Waals surface area (Å²) in [5.41, 5.74) is 2.31. The lowest BCUT2D eigenvalue weighted by atomic mass is 9.67. The van der Waals surface area contributed by atoms with E-state index in [1.807, 2.05) is 0 Å². The molecule has 204 valence electrons. The van der Waals surface area contributed by atoms with Gasteiger partial charge >= 0.3 is 5.97 Å². The summed E-state index contributed by atoms with van der Waals surface area (Å²) < 4.78 is 10.5. The second kappa shape index (κ2) is 12.8. The van der Waals surface area contributed by atoms with Crippen molar-refractivity contribution in [2.24, 2.45) is 11.8 Å². The number of methoxy groups -OCH3 is 2. The summed E-state index contributed by atoms with van der Waals surface area (Å²) in [4.78, 5) is 31.7. The van der Waals surface area contributed by atoms with Gasteiger partial charge in [0, 0.05) is 30.1 Å². The van der Waals surface area contributed by atoms with E-state index in [1.54, 1.807) is 13.4 Å². The van der Waals surface area contributed by atoms with Crippen molar-refractivity contribution >= 4 is 33.5 Å². The zero-order chi connectivity index (χ0) is 26.4. The number of benzene rings is 1. The number of fused-ring (bicyclic) bond motifs is 4. The number of hydrogen-bond donors (Lipinski definition) is 0. The van der Waals surface area contributed by atoms with Gasteiger partial charge in [-0.1, -0.05) is 73.2 Å². The van der Waals surface area contributed by atoms with Crippen molar-refractivity contribution in [3.8, 4) is 0 Å². The molecule has 0 aliphatic carbocycles. The van der Waals surface area contributed by atoms with Gasteiger partial charge in [0.05, 0.1) is 31.5 Å². The first kappa shape index (κ1) is 28.2. The number of alkyl halides is 1. The van der Waals surface area contributed by atoms with Crippen LogP contribution in [-0.4, -0.2) is 62.0 Å². The number of amides is 1. The van der Waals surface area contributed by atoms with E-state index < -0.39 is 5.41 Å². The molecule has 1 spiro atoms. The molecule has 0 N–H and O–H groups in total. The minimum Gasteiger partial charge on any atom is -0.504 e. The summed E-state index contributed by atoms with van der Waals surface area (Å²) in [6.45, 7) is 4.76. The quantitative estimate of drug-likeness (QED) is 0.103. The largest absolute Gasteiger partial charge is 0.504 e. The van der Waals surface area contributed by atoms with Gasteiger partial charge < -0.3 is 14.4 Å². The first-order chi connectivity index (χ1) is 18.0. The number of esters is 1. The summed E-state index contributed by atoms with van der Waals surface area (Å²) in [6, 6.07) is 8.49. The summed E-state index contributed by atoms with van der Waals surface area (Å²) in [7, 11) is 3.00. The fourth-order valence-corrected chi connectivity index (χ4v) is 7.52. The standard InChI is InChI=1S/C30H43BrN2O4/c1-4-22-20-32-18-15-30(27(32)19-23(22)24(21-36-2)28(34)37-3)25-13-9-10-14-26(25)33(29(30)35)17-12-8-6-5-7-11-16-31/h9-10,13-14,21-23,27H,4-8,11-12,15-20H2,1-3H3. The van der Waals surface area contributed by atoms with E-state index in [-0.39, 0.29) is 23.8 Å². The zero-order valence-electron chi connectivity index (χ0n) is 22.7. The van der Waals surface area contributed by atoms with Crippen LogP contribution in [0, 0.1) is 11.8 Å². The van der Waals surface area contributed by atoms with Gasteiger partial charge in [-0.25, -0.2) is 4.79 Å². The number of piperidine rings is 1. The van der Waals surface area contributed by atoms with Crippen LogP contribution in [0.15, 0.2) is 36.1 Å². The molecule has 37 heavy (non-hydrogen) atoms. The number of rotatable bonds is 12. The molecule has 0 radical (unpaired) electrons. The minimum atomic E-state index is -0.544. The van der Waals surface area contributed by atoms with Crippen molar-refractivity contribution in [1.29, 1.82) is 0 Å². The number of nitrogens with zero attached hydrogens (tertiary/aromatic N) is 2. The molecule has 2 saturated heterocycles. The van der Waals surface area contributed by atoms with E-state index in [0.717, 1.165) is 62.8 Å². The minimum absolute atomic E-state index is 0.00200. The van der Waals surface area contributed by atoms with Crippen molar-refractivity contribution < 1.29 is 19.1 Å². The topological polar surface area (TPSA) is 59.1 Å². The third-order valence-electron chi connectivity index (χ3n) is 8.98. The Kier molecular flexibility index (Phi) is 9.73. The summed E-state index contributed by atoms with van der Waals surface area (Å²) in [5, 5.41) is 1.08. The number of anilines is 1. The SMILES string of the molecule is CCC1CN2CCC3(C(=O)N(CCCCCCCCBr)c4ccccc43)C2CC1C(=COC)C(=O)OC. The average Bonchev–Trinajstić information content (AvgIpc) is 3.41. The lowest BCUT2D eigenvalue weighted by Crippen LogP contribution is -2.55. The van der Waals surface area contributed by atoms with E-state index in [4.69, 9.17) is 9.47 Å². The van der Waals surface area contributed by atoms with E-state index in [9.17, 15) is 9.59 Å². The van der Waals surface area contributed by atoms with Gasteiger partial charge in [-0.05, 0) is 55.7 Å². The predicted molar refractivity (Wildman–Crippen MR) is 151 cm³/mol. The van der Waals surface area contributed by atoms with Crippen LogP contribution in [-0.2, 0) is 24.5 Å². The van der Waals surface area contributed by atoms with Gasteiger partial charge in [0.1, 0.15) is 0 Å². The molecule has 1 aromatic rings. The molecule has 4 unspecified atom stereocenters. The molecule has 0 bridgehead atoms. The molecule has 1 aromatic carbocycles. The Morgan fingerprint density at radius 2 is 1.86 bits per heavy atom. The van der Waals surface area contributed by atoms with Gasteiger partial charge in [0.15, 0.2) is 0 Å². The molecule has 6 nitrogen and oxygen atoms in total. The van der Waals surface area contributed by atoms with E-state index in [1.165, 1.54) is 38.4 Å². The van der Waals surface area contributed by atoms with E-state index >= 15 is 0 Å². The lowest BCUT2D eigenvalue weighted by molar-refractivity contribution is -0.137. The van der Waals surface area contributed by atoms with Crippen molar-refractivity contribution in [2.75, 3.05) is 44.1 Å². The lowest BCUT2D eigenvalue weighted by Gasteiger charge is -2.45. The smallest absolute Gasteiger partial charge is 0.337 e. The van der Waals surface area contributed by atoms with Gasteiger partial charge in [0.25, 0.3) is 0 Å². The number of halogens is 1. The van der Waals surface area contributed by atoms with Crippen molar-refractivity contribution in [2.45, 2.75) is 76.2 Å². The maximum Gasteiger partial charge on any atom is 0.337 e. The first-order valence-electron chi connectivity index (χ1n) is 14.1. The van der Waals surface area contributed by atoms with E-state index in [2.05, 4.69) is 56.9 Å². The monoisotopic (exact) mass is 574 g/mol. The summed E-state index contributed by atoms with van der Waals surface area (Å²) in [5.74, 6) is 0.243. The van der Waals surface area contributed by atoms with Crippen LogP contribution in [0.4, 0.5) is 5.69 Å². The molecule has 2 fully saturated rings. The number of unbranched alkanes of at least 4 members (excludes halogenated alkanes) is 5. The number of carbonyl (C=O) groups is 2. The Morgan fingerprint density at radius 1 is 1.14 bits per heavy atom. The van der Waals surface area contributed by atoms with Crippen LogP contribution in [0.3, 0.4) is 0 Å². The number of hydrogen-bond acceptors (Lipinski definition) is 5. The first-order valence-corrected chi connectivity index (χ1v) is 15.2. The van der Waals surface area contributed by atoms with E-state index in [0.29, 0.717) is 11.5 Å². The van der Waals surface area contributed by atoms with Crippen molar-refractivity contribution in [3.63, 3.8) is 0 Å². The molecule has 4 atom stereocenters. The summed E-state index contributed by atoms with van der Waals surface area (Å²) in [6.07, 6.45) is 11.3. The maximum absolute atomic E-state index is 14.4. The Morgan fingerprint density at radius 3 is 2.57 bits per heavy atom. The average molecular weight is 576 g/mol. The highest BCUT2D eigenvalue weighted by molar-refractivity contribution is 9.09. The fraction of sp³-hybridized carbons (Fsp3) is 0.667. The molecule has 4 rings (SSSR count). The highest BCUT2D eigenvalue weighted by Gasteiger charge is 2.62. The number of ether oxygens (including phenoxy) is 2. The highest BCUT2D eigenvalue weighted by Crippen LogP contribution is 2.55. The Bertz CT molecular complexity index is 982. The van der Waals surface area contributed by atoms with Crippen molar-refractivity contribution in [1.82, 2.24) is 4.90 Å². The van der Waals surface area contributed by atoms with Crippen LogP contribution in [0.2, 0.25) is 0 Å². The molecule has 7 heteroatoms. The van der Waals surface area contributed by atoms with Gasteiger partial charge in [-0.3, -0.25) is 9.69 Å². The van der Waals surface area contributed by atoms with Crippen molar-refractivity contribution in [3.05, 3.63) is 41.7 Å². The Balaban J connectivity index is 1.58. The van der Waals surface area contributed by atoms with Crippen LogP contribution < -0.4 is 4.90 Å². The zero-order valence-corrected chi connectivity index (χ0v) is 24.3. The molecule has 0 saturated carbocycles. The molecule has 3 aliphatic heterocycles. The Labute approximate surface area is 230 Å². The fourth-order valence-electron chi connectivity index (χ4n) is 7.12. The molecule has 3 aliphatic rings. The van der Waals surface area contributed by atoms with Gasteiger partial charge in [0.2, 0.25) is 5.91 Å². The second-order valence-electron chi connectivity index (χ2n) is 10.8. The highest BCUT2D eigenvalue weighted by atomic mass is 79.9.